The summed E-state index contributed by atoms with van der Waals surface area (Å²) in [5.41, 5.74) is 0. The first-order valence-electron chi connectivity index (χ1n) is 7.46. The zero-order valence-electron chi connectivity index (χ0n) is 11.4. The lowest BCUT2D eigenvalue weighted by Crippen LogP contribution is -2.31. The zero-order valence-corrected chi connectivity index (χ0v) is 11.4. The van der Waals surface area contributed by atoms with Gasteiger partial charge < -0.3 is 9.84 Å². The van der Waals surface area contributed by atoms with Gasteiger partial charge in [-0.25, -0.2) is 0 Å². The number of rotatable bonds is 4. The molecule has 0 amide bonds. The Labute approximate surface area is 106 Å². The molecule has 2 saturated carbocycles. The predicted molar refractivity (Wildman–Crippen MR) is 69.9 cm³/mol. The molecule has 0 aromatic carbocycles. The summed E-state index contributed by atoms with van der Waals surface area (Å²) in [5, 5.41) is 10.1. The summed E-state index contributed by atoms with van der Waals surface area (Å²) in [7, 11) is 0. The smallest absolute Gasteiger partial charge is 0.0801 e. The van der Waals surface area contributed by atoms with Crippen LogP contribution >= 0.6 is 0 Å². The van der Waals surface area contributed by atoms with Crippen molar-refractivity contribution in [3.05, 3.63) is 0 Å². The monoisotopic (exact) mass is 240 g/mol. The van der Waals surface area contributed by atoms with Gasteiger partial charge >= 0.3 is 0 Å². The Morgan fingerprint density at radius 3 is 2.41 bits per heavy atom. The van der Waals surface area contributed by atoms with Gasteiger partial charge in [0.1, 0.15) is 0 Å². The quantitative estimate of drug-likeness (QED) is 0.816. The largest absolute Gasteiger partial charge is 0.390 e. The Kier molecular flexibility index (Phi) is 4.87. The van der Waals surface area contributed by atoms with E-state index in [1.54, 1.807) is 0 Å². The van der Waals surface area contributed by atoms with Gasteiger partial charge in [-0.05, 0) is 49.9 Å². The summed E-state index contributed by atoms with van der Waals surface area (Å²) in [6, 6.07) is 0. The molecule has 2 fully saturated rings. The molecule has 0 radical (unpaired) electrons. The van der Waals surface area contributed by atoms with Gasteiger partial charge in [0.15, 0.2) is 0 Å². The molecular formula is C15H28O2. The highest BCUT2D eigenvalue weighted by atomic mass is 16.5. The fourth-order valence-corrected chi connectivity index (χ4v) is 3.36. The van der Waals surface area contributed by atoms with Gasteiger partial charge in [0.2, 0.25) is 0 Å². The molecule has 2 aliphatic carbocycles. The third-order valence-electron chi connectivity index (χ3n) is 5.00. The van der Waals surface area contributed by atoms with Crippen LogP contribution in [0.25, 0.3) is 0 Å². The van der Waals surface area contributed by atoms with Gasteiger partial charge in [-0.15, -0.1) is 0 Å². The Morgan fingerprint density at radius 2 is 1.76 bits per heavy atom. The van der Waals surface area contributed by atoms with Gasteiger partial charge in [-0.2, -0.15) is 0 Å². The topological polar surface area (TPSA) is 29.5 Å². The van der Waals surface area contributed by atoms with Crippen LogP contribution < -0.4 is 0 Å². The van der Waals surface area contributed by atoms with Crippen molar-refractivity contribution in [2.75, 3.05) is 6.61 Å². The highest BCUT2D eigenvalue weighted by molar-refractivity contribution is 4.78. The third kappa shape index (κ3) is 3.69. The molecule has 2 rings (SSSR count). The molecule has 0 saturated heterocycles. The van der Waals surface area contributed by atoms with E-state index < -0.39 is 0 Å². The molecule has 2 nitrogen and oxygen atoms in total. The first-order chi connectivity index (χ1) is 8.16. The van der Waals surface area contributed by atoms with Crippen LogP contribution in [0.1, 0.15) is 58.8 Å². The lowest BCUT2D eigenvalue weighted by atomic mass is 9.80. The molecule has 0 heterocycles. The summed E-state index contributed by atoms with van der Waals surface area (Å²) in [5.74, 6) is 2.13. The number of aliphatic hydroxyl groups excluding tert-OH is 1. The molecule has 1 N–H and O–H groups in total. The van der Waals surface area contributed by atoms with Gasteiger partial charge in [0, 0.05) is 0 Å². The molecule has 2 heteroatoms. The second-order valence-corrected chi connectivity index (χ2v) is 6.33. The number of ether oxygens (including phenoxy) is 1. The minimum Gasteiger partial charge on any atom is -0.390 e. The van der Waals surface area contributed by atoms with E-state index in [1.165, 1.54) is 44.9 Å². The van der Waals surface area contributed by atoms with Crippen LogP contribution in [-0.2, 0) is 4.74 Å². The molecule has 0 spiro atoms. The Bertz CT molecular complexity index is 223. The molecule has 100 valence electrons. The molecule has 4 unspecified atom stereocenters. The minimum absolute atomic E-state index is 0.216. The molecule has 17 heavy (non-hydrogen) atoms. The molecule has 0 bridgehead atoms. The lowest BCUT2D eigenvalue weighted by Gasteiger charge is -2.32. The van der Waals surface area contributed by atoms with Crippen molar-refractivity contribution < 1.29 is 9.84 Å². The highest BCUT2D eigenvalue weighted by Gasteiger charge is 2.27. The maximum absolute atomic E-state index is 10.1. The Balaban J connectivity index is 1.67. The van der Waals surface area contributed by atoms with E-state index in [1.807, 2.05) is 0 Å². The summed E-state index contributed by atoms with van der Waals surface area (Å²) in [6.07, 6.45) is 8.81. The van der Waals surface area contributed by atoms with Crippen molar-refractivity contribution in [1.29, 1.82) is 0 Å². The van der Waals surface area contributed by atoms with Crippen LogP contribution in [0.3, 0.4) is 0 Å². The summed E-state index contributed by atoms with van der Waals surface area (Å²) >= 11 is 0. The Morgan fingerprint density at radius 1 is 1.06 bits per heavy atom. The first kappa shape index (κ1) is 13.4. The SMILES string of the molecule is CC1CCC(OCC(O)C2CCCC2)CC1C. The average Bonchev–Trinajstić information content (AvgIpc) is 2.84. The highest BCUT2D eigenvalue weighted by Crippen LogP contribution is 2.32. The fraction of sp³-hybridized carbons (Fsp3) is 1.00. The normalized spacial score (nSPS) is 37.2. The molecular weight excluding hydrogens is 212 g/mol. The van der Waals surface area contributed by atoms with Crippen LogP contribution in [0.4, 0.5) is 0 Å². The van der Waals surface area contributed by atoms with Gasteiger partial charge in [-0.1, -0.05) is 26.7 Å². The summed E-state index contributed by atoms with van der Waals surface area (Å²) in [6.45, 7) is 5.23. The molecule has 0 aromatic rings. The van der Waals surface area contributed by atoms with E-state index in [0.29, 0.717) is 18.6 Å². The summed E-state index contributed by atoms with van der Waals surface area (Å²) in [4.78, 5) is 0. The minimum atomic E-state index is -0.216. The standard InChI is InChI=1S/C15H28O2/c1-11-7-8-14(9-12(11)2)17-10-15(16)13-5-3-4-6-13/h11-16H,3-10H2,1-2H3. The Hall–Kier alpha value is -0.0800. The summed E-state index contributed by atoms with van der Waals surface area (Å²) < 4.78 is 5.93. The molecule has 0 aliphatic heterocycles. The number of hydrogen-bond acceptors (Lipinski definition) is 2. The van der Waals surface area contributed by atoms with E-state index in [9.17, 15) is 5.11 Å². The maximum Gasteiger partial charge on any atom is 0.0801 e. The van der Waals surface area contributed by atoms with Gasteiger partial charge in [0.25, 0.3) is 0 Å². The fourth-order valence-electron chi connectivity index (χ4n) is 3.36. The van der Waals surface area contributed by atoms with Gasteiger partial charge in [0.05, 0.1) is 18.8 Å². The van der Waals surface area contributed by atoms with Crippen molar-refractivity contribution in [2.45, 2.75) is 71.0 Å². The van der Waals surface area contributed by atoms with E-state index in [0.717, 1.165) is 11.8 Å². The average molecular weight is 240 g/mol. The predicted octanol–water partition coefficient (Wildman–Crippen LogP) is 3.38. The van der Waals surface area contributed by atoms with Gasteiger partial charge in [-0.3, -0.25) is 0 Å². The molecule has 2 aliphatic rings. The zero-order chi connectivity index (χ0) is 12.3. The van der Waals surface area contributed by atoms with Crippen molar-refractivity contribution in [2.24, 2.45) is 17.8 Å². The van der Waals surface area contributed by atoms with Crippen molar-refractivity contribution in [3.63, 3.8) is 0 Å². The second-order valence-electron chi connectivity index (χ2n) is 6.33. The van der Waals surface area contributed by atoms with E-state index in [4.69, 9.17) is 4.74 Å². The van der Waals surface area contributed by atoms with E-state index in [-0.39, 0.29) is 6.10 Å². The van der Waals surface area contributed by atoms with Crippen LogP contribution in [0.5, 0.6) is 0 Å². The second kappa shape index (κ2) is 6.19. The van der Waals surface area contributed by atoms with Crippen LogP contribution in [0.2, 0.25) is 0 Å². The van der Waals surface area contributed by atoms with Crippen molar-refractivity contribution in [1.82, 2.24) is 0 Å². The maximum atomic E-state index is 10.1. The van der Waals surface area contributed by atoms with Crippen molar-refractivity contribution in [3.8, 4) is 0 Å². The van der Waals surface area contributed by atoms with E-state index in [2.05, 4.69) is 13.8 Å². The van der Waals surface area contributed by atoms with Crippen LogP contribution in [-0.4, -0.2) is 23.9 Å². The molecule has 4 atom stereocenters. The number of aliphatic hydroxyl groups is 1. The first-order valence-corrected chi connectivity index (χ1v) is 7.46. The van der Waals surface area contributed by atoms with Crippen LogP contribution in [0, 0.1) is 17.8 Å². The van der Waals surface area contributed by atoms with E-state index >= 15 is 0 Å². The number of hydrogen-bond donors (Lipinski definition) is 1. The third-order valence-corrected chi connectivity index (χ3v) is 5.00. The lowest BCUT2D eigenvalue weighted by molar-refractivity contribution is -0.0537. The molecule has 0 aromatic heterocycles. The van der Waals surface area contributed by atoms with Crippen LogP contribution in [0.15, 0.2) is 0 Å². The van der Waals surface area contributed by atoms with Crippen molar-refractivity contribution >= 4 is 0 Å².